The lowest BCUT2D eigenvalue weighted by molar-refractivity contribution is 0.242. The summed E-state index contributed by atoms with van der Waals surface area (Å²) in [4.78, 5) is 11.4. The summed E-state index contributed by atoms with van der Waals surface area (Å²) in [5.41, 5.74) is 2.09. The Morgan fingerprint density at radius 3 is 2.81 bits per heavy atom. The van der Waals surface area contributed by atoms with Crippen molar-refractivity contribution in [1.29, 1.82) is 0 Å². The molecule has 2 heterocycles. The number of ether oxygens (including phenoxy) is 1. The summed E-state index contributed by atoms with van der Waals surface area (Å²) in [6.45, 7) is 3.51. The summed E-state index contributed by atoms with van der Waals surface area (Å²) < 4.78 is 5.89. The van der Waals surface area contributed by atoms with Crippen LogP contribution in [0.15, 0.2) is 53.7 Å². The van der Waals surface area contributed by atoms with Crippen molar-refractivity contribution in [1.82, 2.24) is 20.5 Å². The first-order chi connectivity index (χ1) is 14.8. The zero-order valence-electron chi connectivity index (χ0n) is 18.3. The van der Waals surface area contributed by atoms with Crippen LogP contribution in [-0.4, -0.2) is 48.1 Å². The molecule has 0 amide bonds. The van der Waals surface area contributed by atoms with E-state index in [1.54, 1.807) is 6.20 Å². The van der Waals surface area contributed by atoms with Gasteiger partial charge in [0.25, 0.3) is 0 Å². The van der Waals surface area contributed by atoms with Gasteiger partial charge in [-0.25, -0.2) is 0 Å². The molecule has 2 aromatic rings. The predicted octanol–water partition coefficient (Wildman–Crippen LogP) is 3.96. The number of pyridine rings is 1. The SMILES string of the molecule is CN=C(NCc1cccc(OCc2ccccn2)c1)NC1CCN(C2CCCC2)C1.I. The summed E-state index contributed by atoms with van der Waals surface area (Å²) in [5, 5.41) is 7.06. The Labute approximate surface area is 202 Å². The minimum absolute atomic E-state index is 0. The molecule has 2 fully saturated rings. The van der Waals surface area contributed by atoms with Gasteiger partial charge in [-0.15, -0.1) is 24.0 Å². The average Bonchev–Trinajstić information content (AvgIpc) is 3.48. The number of nitrogens with one attached hydrogen (secondary N) is 2. The van der Waals surface area contributed by atoms with E-state index in [1.165, 1.54) is 38.6 Å². The van der Waals surface area contributed by atoms with Crippen LogP contribution in [0.25, 0.3) is 0 Å². The number of benzene rings is 1. The maximum absolute atomic E-state index is 5.89. The molecule has 1 unspecified atom stereocenters. The van der Waals surface area contributed by atoms with Gasteiger partial charge < -0.3 is 15.4 Å². The molecule has 1 saturated carbocycles. The molecule has 31 heavy (non-hydrogen) atoms. The van der Waals surface area contributed by atoms with E-state index in [0.717, 1.165) is 35.6 Å². The Morgan fingerprint density at radius 1 is 1.16 bits per heavy atom. The number of nitrogens with zero attached hydrogens (tertiary/aromatic N) is 3. The van der Waals surface area contributed by atoms with Crippen LogP contribution in [0.2, 0.25) is 0 Å². The second-order valence-corrected chi connectivity index (χ2v) is 8.25. The molecule has 2 N–H and O–H groups in total. The van der Waals surface area contributed by atoms with Gasteiger partial charge in [0, 0.05) is 45.0 Å². The number of guanidine groups is 1. The highest BCUT2D eigenvalue weighted by molar-refractivity contribution is 14.0. The van der Waals surface area contributed by atoms with E-state index >= 15 is 0 Å². The van der Waals surface area contributed by atoms with E-state index in [-0.39, 0.29) is 24.0 Å². The van der Waals surface area contributed by atoms with Crippen molar-refractivity contribution in [2.24, 2.45) is 4.99 Å². The first kappa shape index (κ1) is 23.8. The highest BCUT2D eigenvalue weighted by Gasteiger charge is 2.30. The first-order valence-electron chi connectivity index (χ1n) is 11.1. The van der Waals surface area contributed by atoms with Gasteiger partial charge in [0.2, 0.25) is 0 Å². The molecule has 1 aromatic carbocycles. The van der Waals surface area contributed by atoms with E-state index in [9.17, 15) is 0 Å². The molecule has 0 bridgehead atoms. The van der Waals surface area contributed by atoms with Gasteiger partial charge in [0.05, 0.1) is 5.69 Å². The zero-order chi connectivity index (χ0) is 20.6. The summed E-state index contributed by atoms with van der Waals surface area (Å²) in [5.74, 6) is 1.72. The predicted molar refractivity (Wildman–Crippen MR) is 136 cm³/mol. The largest absolute Gasteiger partial charge is 0.487 e. The van der Waals surface area contributed by atoms with Gasteiger partial charge >= 0.3 is 0 Å². The lowest BCUT2D eigenvalue weighted by Gasteiger charge is -2.24. The van der Waals surface area contributed by atoms with E-state index in [2.05, 4.69) is 37.6 Å². The fourth-order valence-electron chi connectivity index (χ4n) is 4.47. The number of hydrogen-bond donors (Lipinski definition) is 2. The Kier molecular flexibility index (Phi) is 9.39. The summed E-state index contributed by atoms with van der Waals surface area (Å²) in [6.07, 6.45) is 8.51. The number of aliphatic imine (C=N–C) groups is 1. The van der Waals surface area contributed by atoms with Crippen LogP contribution in [0.1, 0.15) is 43.4 Å². The van der Waals surface area contributed by atoms with Gasteiger partial charge in [-0.1, -0.05) is 31.0 Å². The molecular weight excluding hydrogens is 501 g/mol. The van der Waals surface area contributed by atoms with Gasteiger partial charge in [0.1, 0.15) is 12.4 Å². The van der Waals surface area contributed by atoms with E-state index in [0.29, 0.717) is 19.2 Å². The van der Waals surface area contributed by atoms with Gasteiger partial charge in [-0.2, -0.15) is 0 Å². The van der Waals surface area contributed by atoms with Crippen molar-refractivity contribution in [3.8, 4) is 5.75 Å². The number of hydrogen-bond acceptors (Lipinski definition) is 4. The van der Waals surface area contributed by atoms with Crippen LogP contribution in [0.5, 0.6) is 5.75 Å². The van der Waals surface area contributed by atoms with Crippen molar-refractivity contribution < 1.29 is 4.74 Å². The smallest absolute Gasteiger partial charge is 0.191 e. The molecule has 0 radical (unpaired) electrons. The van der Waals surface area contributed by atoms with Crippen LogP contribution in [0.4, 0.5) is 0 Å². The topological polar surface area (TPSA) is 61.8 Å². The molecule has 7 heteroatoms. The van der Waals surface area contributed by atoms with Crippen LogP contribution < -0.4 is 15.4 Å². The van der Waals surface area contributed by atoms with Crippen molar-refractivity contribution in [2.45, 2.75) is 57.3 Å². The van der Waals surface area contributed by atoms with Crippen LogP contribution in [0.3, 0.4) is 0 Å². The Morgan fingerprint density at radius 2 is 2.03 bits per heavy atom. The molecule has 1 aliphatic carbocycles. The molecule has 0 spiro atoms. The van der Waals surface area contributed by atoms with Crippen molar-refractivity contribution in [3.63, 3.8) is 0 Å². The van der Waals surface area contributed by atoms with E-state index in [4.69, 9.17) is 4.74 Å². The minimum Gasteiger partial charge on any atom is -0.487 e. The second-order valence-electron chi connectivity index (χ2n) is 8.25. The lowest BCUT2D eigenvalue weighted by atomic mass is 10.2. The molecule has 2 aliphatic rings. The van der Waals surface area contributed by atoms with Crippen LogP contribution in [-0.2, 0) is 13.2 Å². The Bertz CT molecular complexity index is 826. The molecule has 1 atom stereocenters. The Hall–Kier alpha value is -1.87. The lowest BCUT2D eigenvalue weighted by Crippen LogP contribution is -2.45. The number of rotatable bonds is 7. The molecule has 168 valence electrons. The maximum atomic E-state index is 5.89. The monoisotopic (exact) mass is 535 g/mol. The van der Waals surface area contributed by atoms with Crippen LogP contribution >= 0.6 is 24.0 Å². The normalized spacial score (nSPS) is 19.8. The fourth-order valence-corrected chi connectivity index (χ4v) is 4.47. The fraction of sp³-hybridized carbons (Fsp3) is 0.500. The maximum Gasteiger partial charge on any atom is 0.191 e. The van der Waals surface area contributed by atoms with E-state index in [1.807, 2.05) is 37.4 Å². The minimum atomic E-state index is 0. The molecule has 1 aromatic heterocycles. The highest BCUT2D eigenvalue weighted by atomic mass is 127. The third-order valence-electron chi connectivity index (χ3n) is 6.10. The standard InChI is InChI=1S/C24H33N5O.HI/c1-25-24(28-20-12-14-29(17-20)22-9-2-3-10-22)27-16-19-7-6-11-23(15-19)30-18-21-8-4-5-13-26-21;/h4-8,11,13,15,20,22H,2-3,9-10,12,14,16-18H2,1H3,(H2,25,27,28);1H. The third-order valence-corrected chi connectivity index (χ3v) is 6.10. The number of halogens is 1. The summed E-state index contributed by atoms with van der Waals surface area (Å²) in [7, 11) is 1.84. The summed E-state index contributed by atoms with van der Waals surface area (Å²) >= 11 is 0. The third kappa shape index (κ3) is 7.07. The molecule has 1 aliphatic heterocycles. The zero-order valence-corrected chi connectivity index (χ0v) is 20.6. The number of aromatic nitrogens is 1. The molecule has 1 saturated heterocycles. The second kappa shape index (κ2) is 12.2. The van der Waals surface area contributed by atoms with Crippen molar-refractivity contribution >= 4 is 29.9 Å². The number of likely N-dealkylation sites (tertiary alicyclic amines) is 1. The van der Waals surface area contributed by atoms with Gasteiger partial charge in [-0.3, -0.25) is 14.9 Å². The van der Waals surface area contributed by atoms with Crippen LogP contribution in [0, 0.1) is 0 Å². The van der Waals surface area contributed by atoms with Crippen molar-refractivity contribution in [2.75, 3.05) is 20.1 Å². The van der Waals surface area contributed by atoms with Gasteiger partial charge in [-0.05, 0) is 49.1 Å². The highest BCUT2D eigenvalue weighted by Crippen LogP contribution is 2.26. The average molecular weight is 535 g/mol. The molecule has 6 nitrogen and oxygen atoms in total. The Balaban J connectivity index is 0.00000272. The first-order valence-corrected chi connectivity index (χ1v) is 11.1. The molecule has 4 rings (SSSR count). The summed E-state index contributed by atoms with van der Waals surface area (Å²) in [6, 6.07) is 15.3. The van der Waals surface area contributed by atoms with E-state index < -0.39 is 0 Å². The van der Waals surface area contributed by atoms with Crippen molar-refractivity contribution in [3.05, 3.63) is 59.9 Å². The van der Waals surface area contributed by atoms with Gasteiger partial charge in [0.15, 0.2) is 5.96 Å². The molecular formula is C24H34IN5O. The quantitative estimate of drug-likeness (QED) is 0.320.